The number of amides is 2. The summed E-state index contributed by atoms with van der Waals surface area (Å²) in [6.07, 6.45) is 8.05. The van der Waals surface area contributed by atoms with E-state index in [1.165, 1.54) is 17.8 Å². The van der Waals surface area contributed by atoms with Gasteiger partial charge in [-0.2, -0.15) is 0 Å². The standard InChI is InChI=1S/C22H28Cl2N2O4S/c1-3-4-5-16(22(29)30)25-21(28)15-10-12-26(13-11-15)18(27)9-7-14-6-8-17(31-2)20(24)19(14)23/h6-9,15-16H,3-5,10-13H2,1-2H3,(H,25,28)(H,29,30)/b9-7+. The van der Waals surface area contributed by atoms with E-state index in [0.717, 1.165) is 17.7 Å². The molecule has 1 heterocycles. The number of hydrogen-bond acceptors (Lipinski definition) is 4. The van der Waals surface area contributed by atoms with Crippen molar-refractivity contribution in [3.05, 3.63) is 33.8 Å². The van der Waals surface area contributed by atoms with Crippen LogP contribution in [0.3, 0.4) is 0 Å². The van der Waals surface area contributed by atoms with Gasteiger partial charge in [-0.1, -0.05) is 49.0 Å². The number of thioether (sulfide) groups is 1. The molecule has 2 rings (SSSR count). The summed E-state index contributed by atoms with van der Waals surface area (Å²) in [5.74, 6) is -1.71. The Morgan fingerprint density at radius 2 is 1.94 bits per heavy atom. The largest absolute Gasteiger partial charge is 0.480 e. The van der Waals surface area contributed by atoms with Gasteiger partial charge in [0.25, 0.3) is 0 Å². The molecule has 1 fully saturated rings. The Labute approximate surface area is 197 Å². The normalized spacial score (nSPS) is 15.8. The van der Waals surface area contributed by atoms with Gasteiger partial charge in [-0.3, -0.25) is 9.59 Å². The van der Waals surface area contributed by atoms with Gasteiger partial charge < -0.3 is 15.3 Å². The van der Waals surface area contributed by atoms with E-state index in [1.54, 1.807) is 11.0 Å². The monoisotopic (exact) mass is 486 g/mol. The Hall–Kier alpha value is -1.70. The van der Waals surface area contributed by atoms with Crippen LogP contribution in [0, 0.1) is 5.92 Å². The molecule has 2 amide bonds. The van der Waals surface area contributed by atoms with Gasteiger partial charge in [0.05, 0.1) is 10.0 Å². The summed E-state index contributed by atoms with van der Waals surface area (Å²) >= 11 is 14.0. The summed E-state index contributed by atoms with van der Waals surface area (Å²) in [5, 5.41) is 12.8. The Kier molecular flexibility index (Phi) is 10.2. The molecular weight excluding hydrogens is 459 g/mol. The maximum absolute atomic E-state index is 12.5. The van der Waals surface area contributed by atoms with E-state index in [1.807, 2.05) is 25.3 Å². The van der Waals surface area contributed by atoms with Crippen LogP contribution in [0.5, 0.6) is 0 Å². The minimum Gasteiger partial charge on any atom is -0.480 e. The summed E-state index contributed by atoms with van der Waals surface area (Å²) in [5.41, 5.74) is 0.666. The van der Waals surface area contributed by atoms with Gasteiger partial charge in [-0.25, -0.2) is 4.79 Å². The number of carboxylic acids is 1. The molecule has 6 nitrogen and oxygen atoms in total. The van der Waals surface area contributed by atoms with Gasteiger partial charge in [-0.05, 0) is 43.2 Å². The van der Waals surface area contributed by atoms with Crippen LogP contribution >= 0.6 is 35.0 Å². The number of aliphatic carboxylic acids is 1. The van der Waals surface area contributed by atoms with Crippen molar-refractivity contribution in [1.82, 2.24) is 10.2 Å². The Bertz CT molecular complexity index is 839. The van der Waals surface area contributed by atoms with Crippen molar-refractivity contribution in [2.75, 3.05) is 19.3 Å². The van der Waals surface area contributed by atoms with E-state index >= 15 is 0 Å². The number of benzene rings is 1. The zero-order valence-corrected chi connectivity index (χ0v) is 20.0. The minimum absolute atomic E-state index is 0.161. The molecule has 0 aromatic heterocycles. The SMILES string of the molecule is CCCCC(NC(=O)C1CCN(C(=O)/C=C/c2ccc(SC)c(Cl)c2Cl)CC1)C(=O)O. The van der Waals surface area contributed by atoms with Crippen LogP contribution < -0.4 is 5.32 Å². The first-order valence-electron chi connectivity index (χ1n) is 10.3. The molecule has 9 heteroatoms. The van der Waals surface area contributed by atoms with Crippen LogP contribution in [0.25, 0.3) is 6.08 Å². The van der Waals surface area contributed by atoms with E-state index in [9.17, 15) is 19.5 Å². The Balaban J connectivity index is 1.90. The van der Waals surface area contributed by atoms with Crippen molar-refractivity contribution < 1.29 is 19.5 Å². The Morgan fingerprint density at radius 1 is 1.26 bits per heavy atom. The molecule has 1 atom stereocenters. The zero-order chi connectivity index (χ0) is 23.0. The average molecular weight is 487 g/mol. The van der Waals surface area contributed by atoms with Crippen molar-refractivity contribution in [2.24, 2.45) is 5.92 Å². The van der Waals surface area contributed by atoms with Gasteiger partial charge in [-0.15, -0.1) is 11.8 Å². The molecule has 0 saturated carbocycles. The van der Waals surface area contributed by atoms with Crippen molar-refractivity contribution in [3.8, 4) is 0 Å². The fraction of sp³-hybridized carbons (Fsp3) is 0.500. The summed E-state index contributed by atoms with van der Waals surface area (Å²) in [4.78, 5) is 38.9. The van der Waals surface area contributed by atoms with Crippen LogP contribution in [-0.4, -0.2) is 53.2 Å². The summed E-state index contributed by atoms with van der Waals surface area (Å²) in [6, 6.07) is 2.82. The van der Waals surface area contributed by atoms with Crippen LogP contribution in [-0.2, 0) is 14.4 Å². The highest BCUT2D eigenvalue weighted by molar-refractivity contribution is 7.98. The molecule has 0 aliphatic carbocycles. The first-order valence-corrected chi connectivity index (χ1v) is 12.3. The highest BCUT2D eigenvalue weighted by Crippen LogP contribution is 2.35. The number of nitrogens with zero attached hydrogens (tertiary/aromatic N) is 1. The molecule has 1 aliphatic heterocycles. The maximum atomic E-state index is 12.5. The summed E-state index contributed by atoms with van der Waals surface area (Å²) < 4.78 is 0. The Morgan fingerprint density at radius 3 is 2.52 bits per heavy atom. The van der Waals surface area contributed by atoms with Crippen molar-refractivity contribution in [2.45, 2.75) is 50.0 Å². The number of nitrogens with one attached hydrogen (secondary N) is 1. The second-order valence-electron chi connectivity index (χ2n) is 7.46. The van der Waals surface area contributed by atoms with E-state index in [0.29, 0.717) is 48.0 Å². The lowest BCUT2D eigenvalue weighted by Crippen LogP contribution is -2.47. The molecule has 0 bridgehead atoms. The van der Waals surface area contributed by atoms with Crippen LogP contribution in [0.2, 0.25) is 10.0 Å². The number of piperidine rings is 1. The third-order valence-electron chi connectivity index (χ3n) is 5.34. The molecule has 1 saturated heterocycles. The predicted octanol–water partition coefficient (Wildman–Crippen LogP) is 4.73. The molecule has 170 valence electrons. The third kappa shape index (κ3) is 7.16. The number of halogens is 2. The van der Waals surface area contributed by atoms with Crippen molar-refractivity contribution in [1.29, 1.82) is 0 Å². The molecule has 0 spiro atoms. The van der Waals surface area contributed by atoms with Gasteiger partial charge in [0.15, 0.2) is 0 Å². The van der Waals surface area contributed by atoms with E-state index in [2.05, 4.69) is 5.32 Å². The smallest absolute Gasteiger partial charge is 0.326 e. The van der Waals surface area contributed by atoms with Crippen LogP contribution in [0.4, 0.5) is 0 Å². The number of carboxylic acid groups (broad SMARTS) is 1. The van der Waals surface area contributed by atoms with Gasteiger partial charge >= 0.3 is 5.97 Å². The summed E-state index contributed by atoms with van der Waals surface area (Å²) in [7, 11) is 0. The van der Waals surface area contributed by atoms with Crippen molar-refractivity contribution in [3.63, 3.8) is 0 Å². The fourth-order valence-corrected chi connectivity index (χ4v) is 4.59. The number of hydrogen-bond donors (Lipinski definition) is 2. The lowest BCUT2D eigenvalue weighted by Gasteiger charge is -2.31. The van der Waals surface area contributed by atoms with E-state index in [-0.39, 0.29) is 17.7 Å². The lowest BCUT2D eigenvalue weighted by atomic mass is 9.95. The molecule has 1 aromatic carbocycles. The second-order valence-corrected chi connectivity index (χ2v) is 9.06. The van der Waals surface area contributed by atoms with Crippen LogP contribution in [0.15, 0.2) is 23.1 Å². The molecular formula is C22H28Cl2N2O4S. The molecule has 1 aliphatic rings. The maximum Gasteiger partial charge on any atom is 0.326 e. The van der Waals surface area contributed by atoms with E-state index in [4.69, 9.17) is 23.2 Å². The van der Waals surface area contributed by atoms with Crippen molar-refractivity contribution >= 4 is 58.8 Å². The second kappa shape index (κ2) is 12.4. The van der Waals surface area contributed by atoms with E-state index < -0.39 is 12.0 Å². The summed E-state index contributed by atoms with van der Waals surface area (Å²) in [6.45, 7) is 2.85. The number of rotatable bonds is 9. The third-order valence-corrected chi connectivity index (χ3v) is 7.13. The molecule has 1 aromatic rings. The highest BCUT2D eigenvalue weighted by Gasteiger charge is 2.29. The highest BCUT2D eigenvalue weighted by atomic mass is 35.5. The number of carbonyl (C=O) groups excluding carboxylic acids is 2. The molecule has 2 N–H and O–H groups in total. The number of likely N-dealkylation sites (tertiary alicyclic amines) is 1. The first kappa shape index (κ1) is 25.6. The van der Waals surface area contributed by atoms with Gasteiger partial charge in [0, 0.05) is 30.0 Å². The number of carbonyl (C=O) groups is 3. The fourth-order valence-electron chi connectivity index (χ4n) is 3.42. The number of unbranched alkanes of at least 4 members (excludes halogenated alkanes) is 1. The zero-order valence-electron chi connectivity index (χ0n) is 17.7. The molecule has 31 heavy (non-hydrogen) atoms. The lowest BCUT2D eigenvalue weighted by molar-refractivity contribution is -0.143. The molecule has 1 unspecified atom stereocenters. The van der Waals surface area contributed by atoms with Crippen LogP contribution in [0.1, 0.15) is 44.6 Å². The first-order chi connectivity index (χ1) is 14.8. The topological polar surface area (TPSA) is 86.7 Å². The van der Waals surface area contributed by atoms with Gasteiger partial charge in [0.1, 0.15) is 6.04 Å². The quantitative estimate of drug-likeness (QED) is 0.389. The molecule has 0 radical (unpaired) electrons. The predicted molar refractivity (Wildman–Crippen MR) is 126 cm³/mol. The minimum atomic E-state index is -1.01. The average Bonchev–Trinajstić information content (AvgIpc) is 2.77. The van der Waals surface area contributed by atoms with Gasteiger partial charge in [0.2, 0.25) is 11.8 Å².